The zero-order valence-electron chi connectivity index (χ0n) is 10.6. The largest absolute Gasteiger partial charge is 0.481 e. The molecule has 1 heterocycles. The lowest BCUT2D eigenvalue weighted by atomic mass is 9.80. The summed E-state index contributed by atoms with van der Waals surface area (Å²) < 4.78 is 5.48. The fourth-order valence-electron chi connectivity index (χ4n) is 4.14. The van der Waals surface area contributed by atoms with E-state index >= 15 is 0 Å². The van der Waals surface area contributed by atoms with Crippen LogP contribution in [0.3, 0.4) is 0 Å². The Labute approximate surface area is 120 Å². The van der Waals surface area contributed by atoms with E-state index < -0.39 is 17.8 Å². The van der Waals surface area contributed by atoms with Crippen molar-refractivity contribution in [2.45, 2.75) is 22.7 Å². The van der Waals surface area contributed by atoms with E-state index in [9.17, 15) is 14.7 Å². The van der Waals surface area contributed by atoms with Gasteiger partial charge in [-0.3, -0.25) is 9.59 Å². The predicted molar refractivity (Wildman–Crippen MR) is 72.2 cm³/mol. The van der Waals surface area contributed by atoms with Crippen LogP contribution in [0.5, 0.6) is 0 Å². The molecule has 0 aromatic heterocycles. The molecule has 4 nitrogen and oxygen atoms in total. The van der Waals surface area contributed by atoms with Gasteiger partial charge in [0.05, 0.1) is 17.1 Å². The molecule has 2 bridgehead atoms. The van der Waals surface area contributed by atoms with Crippen molar-refractivity contribution in [3.8, 4) is 0 Å². The number of carboxylic acids is 1. The number of hydrogen-bond donors (Lipinski definition) is 1. The minimum Gasteiger partial charge on any atom is -0.481 e. The van der Waals surface area contributed by atoms with Crippen LogP contribution in [0.2, 0.25) is 0 Å². The summed E-state index contributed by atoms with van der Waals surface area (Å²) in [6.45, 7) is 0. The van der Waals surface area contributed by atoms with Crippen LogP contribution in [0, 0.1) is 23.7 Å². The second kappa shape index (κ2) is 4.25. The summed E-state index contributed by atoms with van der Waals surface area (Å²) in [6, 6.07) is 9.92. The maximum absolute atomic E-state index is 11.9. The highest BCUT2D eigenvalue weighted by Crippen LogP contribution is 2.61. The first-order chi connectivity index (χ1) is 9.66. The molecule has 1 saturated heterocycles. The second-order valence-electron chi connectivity index (χ2n) is 5.75. The van der Waals surface area contributed by atoms with Crippen LogP contribution in [0.4, 0.5) is 0 Å². The van der Waals surface area contributed by atoms with Gasteiger partial charge < -0.3 is 9.84 Å². The van der Waals surface area contributed by atoms with Gasteiger partial charge in [-0.05, 0) is 24.5 Å². The van der Waals surface area contributed by atoms with Gasteiger partial charge in [0.1, 0.15) is 6.10 Å². The first kappa shape index (κ1) is 12.3. The van der Waals surface area contributed by atoms with Gasteiger partial charge in [0, 0.05) is 10.8 Å². The molecule has 2 saturated carbocycles. The molecular formula is C15H14O4S. The number of hydrogen-bond acceptors (Lipinski definition) is 4. The van der Waals surface area contributed by atoms with Gasteiger partial charge in [-0.25, -0.2) is 0 Å². The van der Waals surface area contributed by atoms with E-state index in [-0.39, 0.29) is 29.2 Å². The summed E-state index contributed by atoms with van der Waals surface area (Å²) in [5, 5.41) is 9.52. The van der Waals surface area contributed by atoms with Crippen LogP contribution in [-0.2, 0) is 14.3 Å². The van der Waals surface area contributed by atoms with Crippen molar-refractivity contribution in [2.24, 2.45) is 23.7 Å². The Kier molecular flexibility index (Phi) is 2.61. The topological polar surface area (TPSA) is 63.6 Å². The molecule has 5 heteroatoms. The highest BCUT2D eigenvalue weighted by Gasteiger charge is 2.68. The van der Waals surface area contributed by atoms with Crippen LogP contribution in [0.1, 0.15) is 6.42 Å². The summed E-state index contributed by atoms with van der Waals surface area (Å²) >= 11 is 1.66. The van der Waals surface area contributed by atoms with Crippen molar-refractivity contribution in [1.29, 1.82) is 0 Å². The first-order valence-corrected chi connectivity index (χ1v) is 7.70. The smallest absolute Gasteiger partial charge is 0.310 e. The molecule has 1 aliphatic heterocycles. The van der Waals surface area contributed by atoms with Gasteiger partial charge in [-0.15, -0.1) is 11.8 Å². The van der Waals surface area contributed by atoms with Gasteiger partial charge in [0.15, 0.2) is 0 Å². The van der Waals surface area contributed by atoms with Crippen LogP contribution >= 0.6 is 11.8 Å². The fourth-order valence-corrected chi connectivity index (χ4v) is 5.62. The molecule has 2 aliphatic carbocycles. The molecule has 1 aromatic rings. The Balaban J connectivity index is 1.66. The number of carboxylic acid groups (broad SMARTS) is 1. The number of fused-ring (bicyclic) bond motifs is 1. The van der Waals surface area contributed by atoms with E-state index in [2.05, 4.69) is 0 Å². The predicted octanol–water partition coefficient (Wildman–Crippen LogP) is 2.04. The lowest BCUT2D eigenvalue weighted by Gasteiger charge is -2.29. The molecule has 104 valence electrons. The number of ether oxygens (including phenoxy) is 1. The van der Waals surface area contributed by atoms with Crippen molar-refractivity contribution < 1.29 is 19.4 Å². The van der Waals surface area contributed by atoms with Crippen molar-refractivity contribution in [3.05, 3.63) is 30.3 Å². The van der Waals surface area contributed by atoms with Crippen LogP contribution < -0.4 is 0 Å². The van der Waals surface area contributed by atoms with Crippen molar-refractivity contribution in [2.75, 3.05) is 0 Å². The molecule has 4 rings (SSSR count). The summed E-state index contributed by atoms with van der Waals surface area (Å²) in [5.74, 6) is -1.97. The maximum atomic E-state index is 11.9. The number of thioether (sulfide) groups is 1. The monoisotopic (exact) mass is 290 g/mol. The minimum atomic E-state index is -0.849. The number of aliphatic carboxylic acids is 1. The Hall–Kier alpha value is -1.49. The highest BCUT2D eigenvalue weighted by molar-refractivity contribution is 8.00. The zero-order valence-corrected chi connectivity index (χ0v) is 11.5. The third-order valence-corrected chi connectivity index (χ3v) is 6.28. The summed E-state index contributed by atoms with van der Waals surface area (Å²) in [5.41, 5.74) is 0. The van der Waals surface area contributed by atoms with E-state index in [1.54, 1.807) is 11.8 Å². The molecule has 3 aliphatic rings. The molecule has 6 atom stereocenters. The lowest BCUT2D eigenvalue weighted by Crippen LogP contribution is -2.39. The molecule has 20 heavy (non-hydrogen) atoms. The number of carbonyl (C=O) groups is 2. The average Bonchev–Trinajstić information content (AvgIpc) is 3.03. The minimum absolute atomic E-state index is 0.0455. The molecule has 3 fully saturated rings. The Morgan fingerprint density at radius 1 is 1.25 bits per heavy atom. The maximum Gasteiger partial charge on any atom is 0.310 e. The van der Waals surface area contributed by atoms with Crippen LogP contribution in [0.25, 0.3) is 0 Å². The first-order valence-electron chi connectivity index (χ1n) is 6.82. The fraction of sp³-hybridized carbons (Fsp3) is 0.467. The molecular weight excluding hydrogens is 276 g/mol. The number of benzene rings is 1. The summed E-state index contributed by atoms with van der Waals surface area (Å²) in [4.78, 5) is 24.5. The molecule has 0 spiro atoms. The van der Waals surface area contributed by atoms with E-state index in [1.807, 2.05) is 30.3 Å². The highest BCUT2D eigenvalue weighted by atomic mass is 32.2. The Bertz CT molecular complexity index is 572. The molecule has 0 radical (unpaired) electrons. The number of rotatable bonds is 3. The molecule has 1 aromatic carbocycles. The van der Waals surface area contributed by atoms with Crippen molar-refractivity contribution in [3.63, 3.8) is 0 Å². The summed E-state index contributed by atoms with van der Waals surface area (Å²) in [6.07, 6.45) is 0.709. The molecule has 1 N–H and O–H groups in total. The average molecular weight is 290 g/mol. The number of esters is 1. The van der Waals surface area contributed by atoms with Gasteiger partial charge >= 0.3 is 11.9 Å². The van der Waals surface area contributed by atoms with Crippen molar-refractivity contribution >= 4 is 23.7 Å². The lowest BCUT2D eigenvalue weighted by molar-refractivity contribution is -0.151. The van der Waals surface area contributed by atoms with Crippen molar-refractivity contribution in [1.82, 2.24) is 0 Å². The third kappa shape index (κ3) is 1.56. The van der Waals surface area contributed by atoms with Crippen LogP contribution in [0.15, 0.2) is 35.2 Å². The van der Waals surface area contributed by atoms with E-state index in [0.717, 1.165) is 11.3 Å². The van der Waals surface area contributed by atoms with Crippen LogP contribution in [-0.4, -0.2) is 28.4 Å². The quantitative estimate of drug-likeness (QED) is 0.863. The van der Waals surface area contributed by atoms with Gasteiger partial charge in [-0.1, -0.05) is 18.2 Å². The van der Waals surface area contributed by atoms with Gasteiger partial charge in [0.2, 0.25) is 0 Å². The standard InChI is InChI=1S/C15H14O4S/c16-14(17)10-9-6-8-11(10)15(18)19-12(8)13(9)20-7-4-2-1-3-5-7/h1-5,8-13H,6H2,(H,16,17). The zero-order chi connectivity index (χ0) is 13.9. The molecule has 6 unspecified atom stereocenters. The normalized spacial score (nSPS) is 40.9. The van der Waals surface area contributed by atoms with E-state index in [4.69, 9.17) is 4.74 Å². The second-order valence-corrected chi connectivity index (χ2v) is 7.00. The SMILES string of the molecule is O=C1OC2C3CC(C2Sc2ccccc2)C(C(=O)O)C13. The summed E-state index contributed by atoms with van der Waals surface area (Å²) in [7, 11) is 0. The Morgan fingerprint density at radius 3 is 2.70 bits per heavy atom. The number of carbonyl (C=O) groups excluding carboxylic acids is 1. The van der Waals surface area contributed by atoms with E-state index in [1.165, 1.54) is 0 Å². The van der Waals surface area contributed by atoms with Gasteiger partial charge in [-0.2, -0.15) is 0 Å². The van der Waals surface area contributed by atoms with Gasteiger partial charge in [0.25, 0.3) is 0 Å². The molecule has 0 amide bonds. The Morgan fingerprint density at radius 2 is 2.00 bits per heavy atom. The third-order valence-electron chi connectivity index (χ3n) is 4.85. The van der Waals surface area contributed by atoms with E-state index in [0.29, 0.717) is 0 Å².